The molecular formula is C15H9N3O2. The molecule has 1 N–H and O–H groups in total. The predicted octanol–water partition coefficient (Wildman–Crippen LogP) is 2.73. The Balaban J connectivity index is 2.37. The smallest absolute Gasteiger partial charge is 0.339 e. The van der Waals surface area contributed by atoms with E-state index in [2.05, 4.69) is 9.97 Å². The van der Waals surface area contributed by atoms with Gasteiger partial charge in [0.25, 0.3) is 0 Å². The van der Waals surface area contributed by atoms with Crippen LogP contribution in [0.3, 0.4) is 0 Å². The summed E-state index contributed by atoms with van der Waals surface area (Å²) in [5, 5.41) is 10.2. The second-order valence-electron chi connectivity index (χ2n) is 4.56. The van der Waals surface area contributed by atoms with Crippen LogP contribution >= 0.6 is 0 Å². The van der Waals surface area contributed by atoms with Gasteiger partial charge >= 0.3 is 5.97 Å². The number of benzene rings is 1. The van der Waals surface area contributed by atoms with Crippen LogP contribution in [-0.2, 0) is 0 Å². The van der Waals surface area contributed by atoms with E-state index in [4.69, 9.17) is 0 Å². The van der Waals surface area contributed by atoms with Crippen LogP contribution in [0.25, 0.3) is 27.6 Å². The second kappa shape index (κ2) is 3.77. The summed E-state index contributed by atoms with van der Waals surface area (Å²) in [6, 6.07) is 11.1. The number of para-hydroxylation sites is 2. The molecule has 0 amide bonds. The third-order valence-electron chi connectivity index (χ3n) is 3.40. The van der Waals surface area contributed by atoms with Crippen LogP contribution in [0.1, 0.15) is 10.4 Å². The van der Waals surface area contributed by atoms with E-state index in [9.17, 15) is 9.90 Å². The van der Waals surface area contributed by atoms with Crippen LogP contribution in [0, 0.1) is 0 Å². The first-order valence-electron chi connectivity index (χ1n) is 6.13. The number of fused-ring (bicyclic) bond motifs is 5. The molecule has 0 fully saturated rings. The number of pyridine rings is 2. The average molecular weight is 263 g/mol. The Morgan fingerprint density at radius 1 is 1.15 bits per heavy atom. The van der Waals surface area contributed by atoms with Crippen molar-refractivity contribution in [3.63, 3.8) is 0 Å². The number of aromatic carboxylic acids is 1. The molecular weight excluding hydrogens is 254 g/mol. The van der Waals surface area contributed by atoms with Crippen molar-refractivity contribution in [3.8, 4) is 0 Å². The SMILES string of the molecule is O=C(O)c1cc2cnccc2n2c1nc1ccccc12. The Hall–Kier alpha value is -2.95. The van der Waals surface area contributed by atoms with Crippen LogP contribution in [-0.4, -0.2) is 25.4 Å². The molecule has 0 atom stereocenters. The van der Waals surface area contributed by atoms with Crippen molar-refractivity contribution in [2.75, 3.05) is 0 Å². The van der Waals surface area contributed by atoms with Crippen molar-refractivity contribution in [2.24, 2.45) is 0 Å². The molecule has 0 bridgehead atoms. The van der Waals surface area contributed by atoms with Crippen LogP contribution in [0.5, 0.6) is 0 Å². The minimum Gasteiger partial charge on any atom is -0.478 e. The largest absolute Gasteiger partial charge is 0.478 e. The fourth-order valence-corrected chi connectivity index (χ4v) is 2.54. The molecule has 4 rings (SSSR count). The molecule has 4 aromatic rings. The summed E-state index contributed by atoms with van der Waals surface area (Å²) < 4.78 is 1.87. The van der Waals surface area contributed by atoms with Crippen molar-refractivity contribution in [1.29, 1.82) is 0 Å². The van der Waals surface area contributed by atoms with Gasteiger partial charge in [0.2, 0.25) is 0 Å². The molecule has 1 aromatic carbocycles. The second-order valence-corrected chi connectivity index (χ2v) is 4.56. The van der Waals surface area contributed by atoms with Crippen molar-refractivity contribution in [1.82, 2.24) is 14.4 Å². The third-order valence-corrected chi connectivity index (χ3v) is 3.40. The van der Waals surface area contributed by atoms with Gasteiger partial charge in [0.15, 0.2) is 5.65 Å². The van der Waals surface area contributed by atoms with E-state index in [1.807, 2.05) is 34.7 Å². The molecule has 0 aliphatic rings. The normalized spacial score (nSPS) is 11.4. The predicted molar refractivity (Wildman–Crippen MR) is 75.0 cm³/mol. The van der Waals surface area contributed by atoms with Crippen LogP contribution < -0.4 is 0 Å². The lowest BCUT2D eigenvalue weighted by molar-refractivity contribution is 0.0698. The number of nitrogens with zero attached hydrogens (tertiary/aromatic N) is 3. The number of aromatic nitrogens is 3. The summed E-state index contributed by atoms with van der Waals surface area (Å²) in [6.07, 6.45) is 3.35. The monoisotopic (exact) mass is 263 g/mol. The molecule has 3 aromatic heterocycles. The van der Waals surface area contributed by atoms with Crippen LogP contribution in [0.4, 0.5) is 0 Å². The van der Waals surface area contributed by atoms with Crippen molar-refractivity contribution in [3.05, 3.63) is 54.4 Å². The highest BCUT2D eigenvalue weighted by Gasteiger charge is 2.16. The molecule has 3 heterocycles. The highest BCUT2D eigenvalue weighted by atomic mass is 16.4. The van der Waals surface area contributed by atoms with Gasteiger partial charge in [-0.25, -0.2) is 9.78 Å². The molecule has 5 nitrogen and oxygen atoms in total. The zero-order chi connectivity index (χ0) is 13.7. The standard InChI is InChI=1S/C15H9N3O2/c19-15(20)10-7-9-8-16-6-5-12(9)18-13-4-2-1-3-11(13)17-14(10)18/h1-8H,(H,19,20). The summed E-state index contributed by atoms with van der Waals surface area (Å²) in [7, 11) is 0. The number of carbonyl (C=O) groups is 1. The zero-order valence-corrected chi connectivity index (χ0v) is 10.3. The molecule has 0 saturated carbocycles. The van der Waals surface area contributed by atoms with Gasteiger partial charge in [-0.3, -0.25) is 9.38 Å². The van der Waals surface area contributed by atoms with Gasteiger partial charge in [-0.1, -0.05) is 12.1 Å². The Kier molecular flexibility index (Phi) is 2.06. The van der Waals surface area contributed by atoms with Crippen LogP contribution in [0.2, 0.25) is 0 Å². The van der Waals surface area contributed by atoms with Gasteiger partial charge in [0.05, 0.1) is 16.6 Å². The minimum absolute atomic E-state index is 0.182. The molecule has 0 spiro atoms. The number of carboxylic acid groups (broad SMARTS) is 1. The van der Waals surface area contributed by atoms with Gasteiger partial charge in [0, 0.05) is 17.8 Å². The highest BCUT2D eigenvalue weighted by molar-refractivity contribution is 6.02. The van der Waals surface area contributed by atoms with Gasteiger partial charge in [-0.05, 0) is 24.3 Å². The summed E-state index contributed by atoms with van der Waals surface area (Å²) >= 11 is 0. The van der Waals surface area contributed by atoms with E-state index in [1.165, 1.54) is 0 Å². The maximum absolute atomic E-state index is 11.5. The zero-order valence-electron chi connectivity index (χ0n) is 10.3. The topological polar surface area (TPSA) is 67.5 Å². The summed E-state index contributed by atoms with van der Waals surface area (Å²) in [5.41, 5.74) is 3.20. The first kappa shape index (κ1) is 10.9. The Morgan fingerprint density at radius 2 is 2.00 bits per heavy atom. The summed E-state index contributed by atoms with van der Waals surface area (Å²) in [4.78, 5) is 20.0. The Bertz CT molecular complexity index is 988. The van der Waals surface area contributed by atoms with Crippen molar-refractivity contribution in [2.45, 2.75) is 0 Å². The molecule has 0 aliphatic heterocycles. The number of carboxylic acids is 1. The van der Waals surface area contributed by atoms with Gasteiger partial charge < -0.3 is 5.11 Å². The van der Waals surface area contributed by atoms with Crippen molar-refractivity contribution >= 4 is 33.6 Å². The third kappa shape index (κ3) is 1.34. The van der Waals surface area contributed by atoms with Gasteiger partial charge in [-0.15, -0.1) is 0 Å². The van der Waals surface area contributed by atoms with Crippen LogP contribution in [0.15, 0.2) is 48.8 Å². The Labute approximate surface area is 113 Å². The minimum atomic E-state index is -0.990. The molecule has 0 radical (unpaired) electrons. The fourth-order valence-electron chi connectivity index (χ4n) is 2.54. The number of rotatable bonds is 1. The average Bonchev–Trinajstić information content (AvgIpc) is 2.85. The van der Waals surface area contributed by atoms with E-state index >= 15 is 0 Å². The lowest BCUT2D eigenvalue weighted by Crippen LogP contribution is -2.02. The molecule has 5 heteroatoms. The Morgan fingerprint density at radius 3 is 2.85 bits per heavy atom. The fraction of sp³-hybridized carbons (Fsp3) is 0. The van der Waals surface area contributed by atoms with E-state index < -0.39 is 5.97 Å². The maximum Gasteiger partial charge on any atom is 0.339 e. The molecule has 0 saturated heterocycles. The first-order chi connectivity index (χ1) is 9.75. The van der Waals surface area contributed by atoms with Crippen molar-refractivity contribution < 1.29 is 9.90 Å². The van der Waals surface area contributed by atoms with Gasteiger partial charge in [0.1, 0.15) is 5.56 Å². The maximum atomic E-state index is 11.5. The van der Waals surface area contributed by atoms with E-state index in [0.717, 1.165) is 21.9 Å². The lowest BCUT2D eigenvalue weighted by atomic mass is 10.2. The molecule has 20 heavy (non-hydrogen) atoms. The van der Waals surface area contributed by atoms with E-state index in [1.54, 1.807) is 18.5 Å². The summed E-state index contributed by atoms with van der Waals surface area (Å²) in [6.45, 7) is 0. The number of hydrogen-bond acceptors (Lipinski definition) is 3. The number of hydrogen-bond donors (Lipinski definition) is 1. The van der Waals surface area contributed by atoms with E-state index in [-0.39, 0.29) is 5.56 Å². The highest BCUT2D eigenvalue weighted by Crippen LogP contribution is 2.25. The lowest BCUT2D eigenvalue weighted by Gasteiger charge is -2.05. The number of imidazole rings is 1. The van der Waals surface area contributed by atoms with E-state index in [0.29, 0.717) is 5.65 Å². The summed E-state index contributed by atoms with van der Waals surface area (Å²) in [5.74, 6) is -0.990. The first-order valence-corrected chi connectivity index (χ1v) is 6.13. The molecule has 96 valence electrons. The van der Waals surface area contributed by atoms with Gasteiger partial charge in [-0.2, -0.15) is 0 Å². The molecule has 0 aliphatic carbocycles. The molecule has 0 unspecified atom stereocenters. The quantitative estimate of drug-likeness (QED) is 0.573.